The maximum Gasteiger partial charge on any atom is 0.472 e. The summed E-state index contributed by atoms with van der Waals surface area (Å²) in [5, 5.41) is 8.87. The fraction of sp³-hybridized carbons (Fsp3) is 0.732. The Hall–Kier alpha value is -2.56. The minimum absolute atomic E-state index is 0.137. The predicted molar refractivity (Wildman–Crippen MR) is 212 cm³/mol. The number of phosphoric ester groups is 1. The lowest BCUT2D eigenvalue weighted by Gasteiger charge is -2.20. The van der Waals surface area contributed by atoms with Gasteiger partial charge in [0.25, 0.3) is 0 Å². The van der Waals surface area contributed by atoms with Gasteiger partial charge in [0, 0.05) is 12.8 Å². The summed E-state index contributed by atoms with van der Waals surface area (Å²) in [6.07, 6.45) is 38.9. The molecule has 0 spiro atoms. The standard InChI is InChI=1S/C41H72NO10P/c1-3-5-7-9-11-13-15-17-19-21-22-24-26-28-30-32-39(43)49-34-37(35-50-53(47,48)51-36-38(42)41(45)46)52-40(44)33-31-29-27-25-23-20-18-16-14-12-10-8-6-4-2/h10,12,16-19,22,24,37-38H,3-9,11,13-15,20-21,23,25-36,42H2,1-2H3,(H,45,46)(H,47,48)/b12-10+,18-16+,19-17+,24-22+/t37-,38+/m1/s1. The minimum Gasteiger partial charge on any atom is -0.480 e. The van der Waals surface area contributed by atoms with Crippen molar-refractivity contribution >= 4 is 25.7 Å². The highest BCUT2D eigenvalue weighted by Crippen LogP contribution is 2.43. The van der Waals surface area contributed by atoms with Gasteiger partial charge in [-0.25, -0.2) is 4.57 Å². The summed E-state index contributed by atoms with van der Waals surface area (Å²) in [4.78, 5) is 45.8. The third kappa shape index (κ3) is 36.2. The van der Waals surface area contributed by atoms with Crippen molar-refractivity contribution in [2.45, 2.75) is 174 Å². The number of unbranched alkanes of at least 4 members (excludes halogenated alkanes) is 15. The number of hydrogen-bond acceptors (Lipinski definition) is 9. The maximum absolute atomic E-state index is 12.6. The van der Waals surface area contributed by atoms with E-state index in [4.69, 9.17) is 24.8 Å². The van der Waals surface area contributed by atoms with Gasteiger partial charge in [0.2, 0.25) is 0 Å². The summed E-state index contributed by atoms with van der Waals surface area (Å²) in [5.41, 5.74) is 5.32. The van der Waals surface area contributed by atoms with Gasteiger partial charge in [-0.1, -0.05) is 127 Å². The Labute approximate surface area is 320 Å². The first-order valence-corrected chi connectivity index (χ1v) is 21.7. The number of carbonyl (C=O) groups is 3. The van der Waals surface area contributed by atoms with Crippen LogP contribution in [0.15, 0.2) is 48.6 Å². The van der Waals surface area contributed by atoms with E-state index in [1.165, 1.54) is 51.4 Å². The van der Waals surface area contributed by atoms with E-state index in [2.05, 4.69) is 67.0 Å². The van der Waals surface area contributed by atoms with Gasteiger partial charge >= 0.3 is 25.7 Å². The van der Waals surface area contributed by atoms with E-state index >= 15 is 0 Å². The normalized spacial score (nSPS) is 14.3. The van der Waals surface area contributed by atoms with Crippen molar-refractivity contribution in [3.05, 3.63) is 48.6 Å². The highest BCUT2D eigenvalue weighted by molar-refractivity contribution is 7.47. The van der Waals surface area contributed by atoms with Gasteiger partial charge in [0.1, 0.15) is 12.6 Å². The number of rotatable bonds is 37. The second-order valence-electron chi connectivity index (χ2n) is 13.4. The van der Waals surface area contributed by atoms with E-state index in [0.29, 0.717) is 12.8 Å². The van der Waals surface area contributed by atoms with Crippen molar-refractivity contribution in [2.24, 2.45) is 5.73 Å². The van der Waals surface area contributed by atoms with Crippen LogP contribution in [0.25, 0.3) is 0 Å². The average molecular weight is 770 g/mol. The van der Waals surface area contributed by atoms with E-state index in [0.717, 1.165) is 70.6 Å². The largest absolute Gasteiger partial charge is 0.480 e. The van der Waals surface area contributed by atoms with Crippen molar-refractivity contribution in [3.8, 4) is 0 Å². The molecule has 1 unspecified atom stereocenters. The van der Waals surface area contributed by atoms with Gasteiger partial charge in [-0.15, -0.1) is 0 Å². The first-order chi connectivity index (χ1) is 25.6. The fourth-order valence-electron chi connectivity index (χ4n) is 5.05. The van der Waals surface area contributed by atoms with Crippen molar-refractivity contribution in [1.29, 1.82) is 0 Å². The lowest BCUT2D eigenvalue weighted by molar-refractivity contribution is -0.161. The van der Waals surface area contributed by atoms with Crippen molar-refractivity contribution in [2.75, 3.05) is 19.8 Å². The number of phosphoric acid groups is 1. The quantitative estimate of drug-likeness (QED) is 0.0238. The molecule has 3 atom stereocenters. The Bertz CT molecular complexity index is 1090. The van der Waals surface area contributed by atoms with Crippen LogP contribution in [0, 0.1) is 0 Å². The summed E-state index contributed by atoms with van der Waals surface area (Å²) in [7, 11) is -4.72. The Morgan fingerprint density at radius 3 is 1.57 bits per heavy atom. The van der Waals surface area contributed by atoms with Gasteiger partial charge in [-0.3, -0.25) is 23.4 Å². The number of aliphatic carboxylic acids is 1. The second-order valence-corrected chi connectivity index (χ2v) is 14.9. The third-order valence-electron chi connectivity index (χ3n) is 8.30. The monoisotopic (exact) mass is 769 g/mol. The molecular formula is C41H72NO10P. The topological polar surface area (TPSA) is 172 Å². The van der Waals surface area contributed by atoms with Crippen LogP contribution < -0.4 is 5.73 Å². The van der Waals surface area contributed by atoms with Crippen LogP contribution in [-0.2, 0) is 37.5 Å². The lowest BCUT2D eigenvalue weighted by atomic mass is 10.1. The molecule has 4 N–H and O–H groups in total. The van der Waals surface area contributed by atoms with Crippen LogP contribution in [-0.4, -0.2) is 59.9 Å². The molecule has 11 nitrogen and oxygen atoms in total. The Morgan fingerprint density at radius 1 is 0.585 bits per heavy atom. The molecule has 0 aromatic carbocycles. The van der Waals surface area contributed by atoms with E-state index in [1.807, 2.05) is 0 Å². The third-order valence-corrected chi connectivity index (χ3v) is 9.25. The first-order valence-electron chi connectivity index (χ1n) is 20.2. The van der Waals surface area contributed by atoms with Gasteiger partial charge in [-0.2, -0.15) is 0 Å². The molecule has 12 heteroatoms. The zero-order chi connectivity index (χ0) is 39.3. The highest BCUT2D eigenvalue weighted by atomic mass is 31.2. The first kappa shape index (κ1) is 50.4. The number of nitrogens with two attached hydrogens (primary N) is 1. The Morgan fingerprint density at radius 2 is 1.02 bits per heavy atom. The maximum atomic E-state index is 12.6. The number of hydrogen-bond donors (Lipinski definition) is 3. The number of ether oxygens (including phenoxy) is 2. The molecule has 0 aliphatic rings. The van der Waals surface area contributed by atoms with Crippen LogP contribution in [0.3, 0.4) is 0 Å². The van der Waals surface area contributed by atoms with Crippen molar-refractivity contribution in [3.63, 3.8) is 0 Å². The predicted octanol–water partition coefficient (Wildman–Crippen LogP) is 10.2. The molecule has 53 heavy (non-hydrogen) atoms. The summed E-state index contributed by atoms with van der Waals surface area (Å²) < 4.78 is 32.6. The molecule has 0 rings (SSSR count). The molecule has 0 radical (unpaired) electrons. The number of carboxylic acids is 1. The van der Waals surface area contributed by atoms with Gasteiger partial charge in [0.05, 0.1) is 13.2 Å². The smallest absolute Gasteiger partial charge is 0.472 e. The second kappa shape index (κ2) is 36.4. The molecule has 0 aromatic rings. The Balaban J connectivity index is 4.50. The van der Waals surface area contributed by atoms with Gasteiger partial charge < -0.3 is 25.2 Å². The average Bonchev–Trinajstić information content (AvgIpc) is 3.13. The minimum atomic E-state index is -4.72. The van der Waals surface area contributed by atoms with Gasteiger partial charge in [0.15, 0.2) is 6.10 Å². The van der Waals surface area contributed by atoms with E-state index < -0.39 is 51.1 Å². The molecule has 0 saturated heterocycles. The van der Waals surface area contributed by atoms with E-state index in [-0.39, 0.29) is 19.4 Å². The summed E-state index contributed by atoms with van der Waals surface area (Å²) in [6.45, 7) is 2.69. The molecule has 0 aliphatic heterocycles. The molecule has 0 bridgehead atoms. The van der Waals surface area contributed by atoms with Crippen LogP contribution >= 0.6 is 7.82 Å². The van der Waals surface area contributed by atoms with Crippen LogP contribution in [0.5, 0.6) is 0 Å². The molecule has 0 heterocycles. The molecule has 306 valence electrons. The molecule has 0 fully saturated rings. The molecule has 0 saturated carbocycles. The Kier molecular flexibility index (Phi) is 34.7. The highest BCUT2D eigenvalue weighted by Gasteiger charge is 2.28. The fourth-order valence-corrected chi connectivity index (χ4v) is 5.83. The van der Waals surface area contributed by atoms with E-state index in [1.54, 1.807) is 0 Å². The zero-order valence-electron chi connectivity index (χ0n) is 32.8. The van der Waals surface area contributed by atoms with Crippen LogP contribution in [0.2, 0.25) is 0 Å². The number of allylic oxidation sites excluding steroid dienone is 8. The molecule has 0 aromatic heterocycles. The number of carbonyl (C=O) groups excluding carboxylic acids is 2. The SMILES string of the molecule is CCCC/C=C/C/C=C/CCCCCCCC(=O)O[C@H](COC(=O)CCCC/C=C/C/C=C/CCCCCCCC)COP(=O)(O)OC[C@H](N)C(=O)O. The zero-order valence-corrected chi connectivity index (χ0v) is 33.7. The summed E-state index contributed by atoms with van der Waals surface area (Å²) >= 11 is 0. The molecule has 0 amide bonds. The lowest BCUT2D eigenvalue weighted by Crippen LogP contribution is -2.34. The summed E-state index contributed by atoms with van der Waals surface area (Å²) in [5.74, 6) is -2.44. The van der Waals surface area contributed by atoms with E-state index in [9.17, 15) is 23.8 Å². The van der Waals surface area contributed by atoms with Crippen LogP contribution in [0.1, 0.15) is 162 Å². The van der Waals surface area contributed by atoms with Crippen molar-refractivity contribution < 1.29 is 47.5 Å². The molecular weight excluding hydrogens is 697 g/mol. The van der Waals surface area contributed by atoms with Crippen molar-refractivity contribution in [1.82, 2.24) is 0 Å². The molecule has 0 aliphatic carbocycles. The number of esters is 2. The van der Waals surface area contributed by atoms with Gasteiger partial charge in [-0.05, 0) is 70.6 Å². The summed E-state index contributed by atoms with van der Waals surface area (Å²) in [6, 6.07) is -1.53. The van der Waals surface area contributed by atoms with Crippen LogP contribution in [0.4, 0.5) is 0 Å². The number of carboxylic acid groups (broad SMARTS) is 1.